The summed E-state index contributed by atoms with van der Waals surface area (Å²) in [7, 11) is 0. The van der Waals surface area contributed by atoms with Crippen molar-refractivity contribution in [1.82, 2.24) is 25.9 Å². The maximum atomic E-state index is 11.6. The Balaban J connectivity index is 1.80. The first-order chi connectivity index (χ1) is 9.15. The number of amides is 1. The number of H-pyrrole nitrogens is 1. The van der Waals surface area contributed by atoms with E-state index in [1.807, 2.05) is 6.07 Å². The normalized spacial score (nSPS) is 10.4. The van der Waals surface area contributed by atoms with E-state index in [4.69, 9.17) is 23.2 Å². The summed E-state index contributed by atoms with van der Waals surface area (Å²) in [6.07, 6.45) is 0.882. The summed E-state index contributed by atoms with van der Waals surface area (Å²) < 4.78 is 0. The van der Waals surface area contributed by atoms with Crippen LogP contribution in [-0.4, -0.2) is 26.5 Å². The molecule has 6 nitrogen and oxygen atoms in total. The Hall–Kier alpha value is -1.66. The van der Waals surface area contributed by atoms with Gasteiger partial charge in [0.25, 0.3) is 0 Å². The molecule has 0 aliphatic rings. The summed E-state index contributed by atoms with van der Waals surface area (Å²) in [5, 5.41) is 17.0. The largest absolute Gasteiger partial charge is 0.349 e. The van der Waals surface area contributed by atoms with Crippen LogP contribution in [0.1, 0.15) is 17.8 Å². The van der Waals surface area contributed by atoms with E-state index in [-0.39, 0.29) is 12.5 Å². The second-order valence-electron chi connectivity index (χ2n) is 3.84. The number of aryl methyl sites for hydroxylation is 1. The van der Waals surface area contributed by atoms with Gasteiger partial charge in [-0.25, -0.2) is 0 Å². The van der Waals surface area contributed by atoms with Crippen LogP contribution in [0.4, 0.5) is 0 Å². The molecule has 1 heterocycles. The van der Waals surface area contributed by atoms with Gasteiger partial charge in [0, 0.05) is 16.5 Å². The average Bonchev–Trinajstić information content (AvgIpc) is 2.88. The summed E-state index contributed by atoms with van der Waals surface area (Å²) in [6.45, 7) is 0.254. The molecule has 0 fully saturated rings. The molecule has 2 N–H and O–H groups in total. The van der Waals surface area contributed by atoms with Gasteiger partial charge >= 0.3 is 0 Å². The van der Waals surface area contributed by atoms with Crippen LogP contribution >= 0.6 is 23.2 Å². The molecule has 1 amide bonds. The molecule has 0 aliphatic carbocycles. The zero-order valence-electron chi connectivity index (χ0n) is 9.86. The minimum absolute atomic E-state index is 0.101. The quantitative estimate of drug-likeness (QED) is 0.881. The van der Waals surface area contributed by atoms with Gasteiger partial charge in [0.2, 0.25) is 5.91 Å². The van der Waals surface area contributed by atoms with Gasteiger partial charge in [-0.3, -0.25) is 4.79 Å². The van der Waals surface area contributed by atoms with Crippen molar-refractivity contribution in [3.05, 3.63) is 39.6 Å². The molecule has 0 bridgehead atoms. The first-order valence-electron chi connectivity index (χ1n) is 5.58. The van der Waals surface area contributed by atoms with Crippen molar-refractivity contribution in [3.8, 4) is 0 Å². The number of hydrogen-bond donors (Lipinski definition) is 2. The topological polar surface area (TPSA) is 83.6 Å². The minimum atomic E-state index is -0.101. The van der Waals surface area contributed by atoms with Crippen LogP contribution in [0.5, 0.6) is 0 Å². The zero-order chi connectivity index (χ0) is 13.7. The van der Waals surface area contributed by atoms with Crippen molar-refractivity contribution in [2.45, 2.75) is 19.4 Å². The van der Waals surface area contributed by atoms with E-state index in [2.05, 4.69) is 25.9 Å². The SMILES string of the molecule is O=C(CCc1ccc(Cl)cc1Cl)NCc1nn[nH]n1. The number of benzene rings is 1. The van der Waals surface area contributed by atoms with Crippen molar-refractivity contribution in [3.63, 3.8) is 0 Å². The van der Waals surface area contributed by atoms with E-state index in [0.717, 1.165) is 5.56 Å². The fourth-order valence-electron chi connectivity index (χ4n) is 1.50. The Morgan fingerprint density at radius 3 is 2.89 bits per heavy atom. The number of aromatic nitrogens is 4. The Morgan fingerprint density at radius 2 is 2.21 bits per heavy atom. The van der Waals surface area contributed by atoms with E-state index >= 15 is 0 Å². The Morgan fingerprint density at radius 1 is 1.37 bits per heavy atom. The lowest BCUT2D eigenvalue weighted by Gasteiger charge is -2.05. The molecular weight excluding hydrogens is 289 g/mol. The number of nitrogens with zero attached hydrogens (tertiary/aromatic N) is 3. The molecule has 0 saturated carbocycles. The third-order valence-corrected chi connectivity index (χ3v) is 3.06. The zero-order valence-corrected chi connectivity index (χ0v) is 11.4. The first kappa shape index (κ1) is 13.8. The van der Waals surface area contributed by atoms with Gasteiger partial charge in [0.05, 0.1) is 6.54 Å². The van der Waals surface area contributed by atoms with Gasteiger partial charge in [0.15, 0.2) is 5.82 Å². The highest BCUT2D eigenvalue weighted by molar-refractivity contribution is 6.35. The Bertz CT molecular complexity index is 558. The molecule has 2 rings (SSSR count). The molecule has 0 spiro atoms. The smallest absolute Gasteiger partial charge is 0.220 e. The van der Waals surface area contributed by atoms with E-state index in [1.54, 1.807) is 12.1 Å². The van der Waals surface area contributed by atoms with Crippen LogP contribution in [0.15, 0.2) is 18.2 Å². The summed E-state index contributed by atoms with van der Waals surface area (Å²) in [5.41, 5.74) is 0.890. The van der Waals surface area contributed by atoms with Crippen molar-refractivity contribution >= 4 is 29.1 Å². The van der Waals surface area contributed by atoms with Crippen molar-refractivity contribution in [2.24, 2.45) is 0 Å². The molecule has 1 aromatic heterocycles. The lowest BCUT2D eigenvalue weighted by Crippen LogP contribution is -2.23. The minimum Gasteiger partial charge on any atom is -0.349 e. The second-order valence-corrected chi connectivity index (χ2v) is 4.68. The molecule has 0 atom stereocenters. The number of hydrogen-bond acceptors (Lipinski definition) is 4. The van der Waals surface area contributed by atoms with E-state index in [9.17, 15) is 4.79 Å². The number of halogens is 2. The van der Waals surface area contributed by atoms with Gasteiger partial charge in [-0.1, -0.05) is 34.5 Å². The van der Waals surface area contributed by atoms with Crippen LogP contribution in [0.3, 0.4) is 0 Å². The highest BCUT2D eigenvalue weighted by Crippen LogP contribution is 2.21. The van der Waals surface area contributed by atoms with Crippen molar-refractivity contribution in [2.75, 3.05) is 0 Å². The molecule has 1 aromatic carbocycles. The van der Waals surface area contributed by atoms with Gasteiger partial charge in [-0.15, -0.1) is 10.2 Å². The second kappa shape index (κ2) is 6.49. The maximum absolute atomic E-state index is 11.6. The molecular formula is C11H11Cl2N5O. The van der Waals surface area contributed by atoms with Crippen molar-refractivity contribution in [1.29, 1.82) is 0 Å². The molecule has 2 aromatic rings. The van der Waals surface area contributed by atoms with Gasteiger partial charge in [-0.05, 0) is 24.1 Å². The molecule has 0 radical (unpaired) electrons. The maximum Gasteiger partial charge on any atom is 0.220 e. The number of aromatic amines is 1. The lowest BCUT2D eigenvalue weighted by molar-refractivity contribution is -0.121. The van der Waals surface area contributed by atoms with Crippen LogP contribution in [0.2, 0.25) is 10.0 Å². The van der Waals surface area contributed by atoms with E-state index in [1.165, 1.54) is 0 Å². The number of tetrazole rings is 1. The Labute approximate surface area is 119 Å². The fourth-order valence-corrected chi connectivity index (χ4v) is 2.00. The van der Waals surface area contributed by atoms with Gasteiger partial charge in [0.1, 0.15) is 0 Å². The van der Waals surface area contributed by atoms with Crippen LogP contribution in [0.25, 0.3) is 0 Å². The van der Waals surface area contributed by atoms with Crippen molar-refractivity contribution < 1.29 is 4.79 Å². The molecule has 100 valence electrons. The standard InChI is InChI=1S/C11H11Cl2N5O/c12-8-3-1-7(9(13)5-8)2-4-11(19)14-6-10-15-17-18-16-10/h1,3,5H,2,4,6H2,(H,14,19)(H,15,16,17,18). The predicted molar refractivity (Wildman–Crippen MR) is 70.8 cm³/mol. The summed E-state index contributed by atoms with van der Waals surface area (Å²) in [6, 6.07) is 5.23. The number of rotatable bonds is 5. The fraction of sp³-hybridized carbons (Fsp3) is 0.273. The molecule has 19 heavy (non-hydrogen) atoms. The number of carbonyl (C=O) groups is 1. The number of nitrogens with one attached hydrogen (secondary N) is 2. The number of carbonyl (C=O) groups excluding carboxylic acids is 1. The molecule has 0 unspecified atom stereocenters. The predicted octanol–water partition coefficient (Wildman–Crippen LogP) is 1.76. The molecule has 0 saturated heterocycles. The Kier molecular flexibility index (Phi) is 4.70. The van der Waals surface area contributed by atoms with Crippen LogP contribution < -0.4 is 5.32 Å². The monoisotopic (exact) mass is 299 g/mol. The first-order valence-corrected chi connectivity index (χ1v) is 6.33. The highest BCUT2D eigenvalue weighted by Gasteiger charge is 2.07. The summed E-state index contributed by atoms with van der Waals surface area (Å²) in [5.74, 6) is 0.341. The average molecular weight is 300 g/mol. The van der Waals surface area contributed by atoms with Crippen LogP contribution in [-0.2, 0) is 17.8 Å². The third-order valence-electron chi connectivity index (χ3n) is 2.47. The summed E-state index contributed by atoms with van der Waals surface area (Å²) >= 11 is 11.8. The molecule has 0 aliphatic heterocycles. The van der Waals surface area contributed by atoms with E-state index < -0.39 is 0 Å². The van der Waals surface area contributed by atoms with Gasteiger partial charge < -0.3 is 5.32 Å². The van der Waals surface area contributed by atoms with E-state index in [0.29, 0.717) is 28.7 Å². The van der Waals surface area contributed by atoms with Gasteiger partial charge in [-0.2, -0.15) is 5.21 Å². The third kappa shape index (κ3) is 4.18. The molecule has 8 heteroatoms. The lowest BCUT2D eigenvalue weighted by atomic mass is 10.1. The van der Waals surface area contributed by atoms with Crippen LogP contribution in [0, 0.1) is 0 Å². The highest BCUT2D eigenvalue weighted by atomic mass is 35.5. The summed E-state index contributed by atoms with van der Waals surface area (Å²) in [4.78, 5) is 11.6.